The van der Waals surface area contributed by atoms with E-state index in [1.54, 1.807) is 41.5 Å². The minimum atomic E-state index is -1.59. The van der Waals surface area contributed by atoms with E-state index in [0.717, 1.165) is 5.56 Å². The number of hydrogen-bond acceptors (Lipinski definition) is 8. The van der Waals surface area contributed by atoms with E-state index in [1.165, 1.54) is 4.90 Å². The molecule has 2 aliphatic rings. The van der Waals surface area contributed by atoms with Gasteiger partial charge in [0.05, 0.1) is 5.92 Å². The smallest absolute Gasteiger partial charge is 0.407 e. The summed E-state index contributed by atoms with van der Waals surface area (Å²) in [5.74, 6) is -2.33. The van der Waals surface area contributed by atoms with E-state index in [9.17, 15) is 19.2 Å². The van der Waals surface area contributed by atoms with E-state index < -0.39 is 58.7 Å². The molecule has 3 rings (SSSR count). The van der Waals surface area contributed by atoms with Crippen LogP contribution in [0.5, 0.6) is 0 Å². The van der Waals surface area contributed by atoms with Crippen molar-refractivity contribution in [2.45, 2.75) is 109 Å². The van der Waals surface area contributed by atoms with Crippen LogP contribution in [0.2, 0.25) is 0 Å². The summed E-state index contributed by atoms with van der Waals surface area (Å²) in [5, 5.41) is 2.71. The quantitative estimate of drug-likeness (QED) is 0.263. The molecule has 222 valence electrons. The van der Waals surface area contributed by atoms with Crippen LogP contribution in [-0.2, 0) is 28.6 Å². The number of likely N-dealkylation sites (tertiary alicyclic amines) is 1. The molecule has 0 saturated carbocycles. The Morgan fingerprint density at radius 3 is 2.30 bits per heavy atom. The summed E-state index contributed by atoms with van der Waals surface area (Å²) in [4.78, 5) is 53.8. The van der Waals surface area contributed by atoms with Gasteiger partial charge in [0.15, 0.2) is 0 Å². The van der Waals surface area contributed by atoms with Gasteiger partial charge in [0.2, 0.25) is 5.91 Å². The maximum atomic E-state index is 14.1. The SMILES string of the molecule is CC(C)(C)OC(=O)NCCCC[C@@](N)(C(=O)N1CCC[C@H]1C(=O)OC(C)(C)C)[C@@H]1C[C@H](c2ccccc2)OC1=O. The molecule has 1 aromatic carbocycles. The van der Waals surface area contributed by atoms with Crippen LogP contribution in [0.3, 0.4) is 0 Å². The van der Waals surface area contributed by atoms with Gasteiger partial charge in [0.1, 0.15) is 28.9 Å². The van der Waals surface area contributed by atoms with Crippen molar-refractivity contribution in [1.29, 1.82) is 0 Å². The Morgan fingerprint density at radius 2 is 1.68 bits per heavy atom. The molecule has 2 heterocycles. The fourth-order valence-corrected chi connectivity index (χ4v) is 5.24. The molecule has 0 spiro atoms. The standard InChI is InChI=1S/C30H45N3O7/c1-28(2,3)39-25(35)22-15-12-18-33(22)26(36)30(31,16-10-11-17-32-27(37)40-29(4,5)6)21-19-23(38-24(21)34)20-13-8-7-9-14-20/h7-9,13-14,21-23H,10-12,15-19,31H2,1-6H3,(H,32,37)/t21-,22+,23-,30+/m1/s1. The number of rotatable bonds is 9. The van der Waals surface area contributed by atoms with Crippen molar-refractivity contribution < 1.29 is 33.4 Å². The molecule has 10 nitrogen and oxygen atoms in total. The normalized spacial score (nSPS) is 22.8. The van der Waals surface area contributed by atoms with Gasteiger partial charge >= 0.3 is 18.0 Å². The molecule has 40 heavy (non-hydrogen) atoms. The zero-order valence-corrected chi connectivity index (χ0v) is 24.7. The van der Waals surface area contributed by atoms with E-state index in [0.29, 0.717) is 38.8 Å². The number of hydrogen-bond donors (Lipinski definition) is 2. The number of ether oxygens (including phenoxy) is 3. The third-order valence-corrected chi connectivity index (χ3v) is 7.06. The molecule has 1 aromatic rings. The Morgan fingerprint density at radius 1 is 1.02 bits per heavy atom. The summed E-state index contributed by atoms with van der Waals surface area (Å²) < 4.78 is 16.6. The highest BCUT2D eigenvalue weighted by Gasteiger charge is 2.54. The van der Waals surface area contributed by atoms with Gasteiger partial charge < -0.3 is 30.2 Å². The van der Waals surface area contributed by atoms with Crippen molar-refractivity contribution in [2.75, 3.05) is 13.1 Å². The van der Waals surface area contributed by atoms with Gasteiger partial charge in [0, 0.05) is 19.5 Å². The Hall–Kier alpha value is -3.14. The minimum absolute atomic E-state index is 0.181. The fourth-order valence-electron chi connectivity index (χ4n) is 5.24. The summed E-state index contributed by atoms with van der Waals surface area (Å²) >= 11 is 0. The molecular formula is C30H45N3O7. The Kier molecular flexibility index (Phi) is 9.87. The molecular weight excluding hydrogens is 514 g/mol. The summed E-state index contributed by atoms with van der Waals surface area (Å²) in [5.41, 5.74) is 4.86. The highest BCUT2D eigenvalue weighted by atomic mass is 16.6. The molecule has 4 atom stereocenters. The van der Waals surface area contributed by atoms with Gasteiger partial charge in [0.25, 0.3) is 0 Å². The van der Waals surface area contributed by atoms with Crippen LogP contribution in [-0.4, -0.2) is 64.7 Å². The van der Waals surface area contributed by atoms with Gasteiger partial charge in [-0.2, -0.15) is 0 Å². The van der Waals surface area contributed by atoms with E-state index in [2.05, 4.69) is 5.32 Å². The molecule has 2 fully saturated rings. The second-order valence-corrected chi connectivity index (χ2v) is 12.7. The lowest BCUT2D eigenvalue weighted by Crippen LogP contribution is -2.62. The maximum absolute atomic E-state index is 14.1. The van der Waals surface area contributed by atoms with Crippen LogP contribution < -0.4 is 11.1 Å². The van der Waals surface area contributed by atoms with Gasteiger partial charge in [-0.1, -0.05) is 30.3 Å². The molecule has 3 N–H and O–H groups in total. The minimum Gasteiger partial charge on any atom is -0.458 e. The van der Waals surface area contributed by atoms with E-state index in [-0.39, 0.29) is 12.8 Å². The first-order valence-corrected chi connectivity index (χ1v) is 14.2. The molecule has 10 heteroatoms. The van der Waals surface area contributed by atoms with Gasteiger partial charge in [-0.3, -0.25) is 9.59 Å². The molecule has 0 radical (unpaired) electrons. The number of nitrogens with one attached hydrogen (secondary N) is 1. The van der Waals surface area contributed by atoms with Crippen molar-refractivity contribution in [2.24, 2.45) is 11.7 Å². The third-order valence-electron chi connectivity index (χ3n) is 7.06. The lowest BCUT2D eigenvalue weighted by atomic mass is 9.77. The number of unbranched alkanes of at least 4 members (excludes halogenated alkanes) is 1. The number of nitrogens with two attached hydrogens (primary N) is 1. The lowest BCUT2D eigenvalue weighted by molar-refractivity contribution is -0.165. The Labute approximate surface area is 237 Å². The lowest BCUT2D eigenvalue weighted by Gasteiger charge is -2.37. The first-order chi connectivity index (χ1) is 18.6. The maximum Gasteiger partial charge on any atom is 0.407 e. The number of carbonyl (C=O) groups excluding carboxylic acids is 4. The van der Waals surface area contributed by atoms with Crippen molar-refractivity contribution in [3.8, 4) is 0 Å². The molecule has 0 aliphatic carbocycles. The topological polar surface area (TPSA) is 137 Å². The molecule has 2 amide bonds. The fraction of sp³-hybridized carbons (Fsp3) is 0.667. The first-order valence-electron chi connectivity index (χ1n) is 14.2. The molecule has 0 unspecified atom stereocenters. The zero-order valence-electron chi connectivity index (χ0n) is 24.7. The zero-order chi connectivity index (χ0) is 29.7. The first kappa shape index (κ1) is 31.4. The summed E-state index contributed by atoms with van der Waals surface area (Å²) in [6.07, 6.45) is 1.49. The third kappa shape index (κ3) is 8.19. The van der Waals surface area contributed by atoms with Crippen molar-refractivity contribution in [3.05, 3.63) is 35.9 Å². The van der Waals surface area contributed by atoms with Gasteiger partial charge in [-0.25, -0.2) is 9.59 Å². The van der Waals surface area contributed by atoms with Crippen LogP contribution >= 0.6 is 0 Å². The van der Waals surface area contributed by atoms with Crippen molar-refractivity contribution in [1.82, 2.24) is 10.2 Å². The number of nitrogens with zero attached hydrogens (tertiary/aromatic N) is 1. The second-order valence-electron chi connectivity index (χ2n) is 12.7. The number of esters is 2. The highest BCUT2D eigenvalue weighted by Crippen LogP contribution is 2.41. The monoisotopic (exact) mass is 559 g/mol. The van der Waals surface area contributed by atoms with Crippen LogP contribution in [0.4, 0.5) is 4.79 Å². The predicted octanol–water partition coefficient (Wildman–Crippen LogP) is 4.02. The summed E-state index contributed by atoms with van der Waals surface area (Å²) in [7, 11) is 0. The molecule has 2 saturated heterocycles. The summed E-state index contributed by atoms with van der Waals surface area (Å²) in [6.45, 7) is 11.4. The van der Waals surface area contributed by atoms with Crippen LogP contribution in [0, 0.1) is 5.92 Å². The van der Waals surface area contributed by atoms with Crippen LogP contribution in [0.1, 0.15) is 91.7 Å². The van der Waals surface area contributed by atoms with Gasteiger partial charge in [-0.15, -0.1) is 0 Å². The van der Waals surface area contributed by atoms with E-state index in [1.807, 2.05) is 30.3 Å². The van der Waals surface area contributed by atoms with Crippen molar-refractivity contribution >= 4 is 23.9 Å². The number of carbonyl (C=O) groups is 4. The molecule has 0 aromatic heterocycles. The highest BCUT2D eigenvalue weighted by molar-refractivity contribution is 5.95. The van der Waals surface area contributed by atoms with E-state index >= 15 is 0 Å². The number of amides is 2. The number of alkyl carbamates (subject to hydrolysis) is 1. The van der Waals surface area contributed by atoms with Crippen LogP contribution in [0.25, 0.3) is 0 Å². The average molecular weight is 560 g/mol. The predicted molar refractivity (Wildman–Crippen MR) is 149 cm³/mol. The molecule has 2 aliphatic heterocycles. The van der Waals surface area contributed by atoms with Crippen molar-refractivity contribution in [3.63, 3.8) is 0 Å². The average Bonchev–Trinajstić information content (AvgIpc) is 3.49. The number of cyclic esters (lactones) is 1. The van der Waals surface area contributed by atoms with Crippen LogP contribution in [0.15, 0.2) is 30.3 Å². The Bertz CT molecular complexity index is 1060. The second kappa shape index (κ2) is 12.6. The number of benzene rings is 1. The summed E-state index contributed by atoms with van der Waals surface area (Å²) in [6, 6.07) is 8.61. The van der Waals surface area contributed by atoms with Gasteiger partial charge in [-0.05, 0) is 79.2 Å². The van der Waals surface area contributed by atoms with E-state index in [4.69, 9.17) is 19.9 Å². The molecule has 0 bridgehead atoms. The largest absolute Gasteiger partial charge is 0.458 e. The Balaban J connectivity index is 1.77.